The van der Waals surface area contributed by atoms with Gasteiger partial charge in [0.1, 0.15) is 0 Å². The van der Waals surface area contributed by atoms with Gasteiger partial charge in [-0.1, -0.05) is 0 Å². The Morgan fingerprint density at radius 2 is 2.07 bits per heavy atom. The number of nitrogens with one attached hydrogen (secondary N) is 1. The highest BCUT2D eigenvalue weighted by molar-refractivity contribution is 9.10. The Morgan fingerprint density at radius 1 is 1.36 bits per heavy atom. The first-order valence-electron chi connectivity index (χ1n) is 4.86. The number of nitrogens with zero attached hydrogens (tertiary/aromatic N) is 1. The fourth-order valence-corrected chi connectivity index (χ4v) is 2.20. The monoisotopic (exact) mass is 256 g/mol. The van der Waals surface area contributed by atoms with Gasteiger partial charge in [0.05, 0.1) is 0 Å². The van der Waals surface area contributed by atoms with Gasteiger partial charge < -0.3 is 9.88 Å². The van der Waals surface area contributed by atoms with Crippen LogP contribution in [0.5, 0.6) is 0 Å². The molecule has 2 heterocycles. The Bertz CT molecular complexity index is 369. The number of halogens is 1. The fraction of sp³-hybridized carbons (Fsp3) is 0.500. The van der Waals surface area contributed by atoms with E-state index in [1.54, 1.807) is 12.1 Å². The quantitative estimate of drug-likeness (QED) is 0.827. The molecule has 0 aromatic carbocycles. The highest BCUT2D eigenvalue weighted by Crippen LogP contribution is 2.17. The SMILES string of the molecule is O=c1ccc(Br)cn1C1CCNCC1. The predicted octanol–water partition coefficient (Wildman–Crippen LogP) is 1.54. The molecule has 1 aromatic heterocycles. The highest BCUT2D eigenvalue weighted by atomic mass is 79.9. The summed E-state index contributed by atoms with van der Waals surface area (Å²) in [6.07, 6.45) is 3.96. The lowest BCUT2D eigenvalue weighted by atomic mass is 10.1. The van der Waals surface area contributed by atoms with Crippen molar-refractivity contribution in [3.8, 4) is 0 Å². The predicted molar refractivity (Wildman–Crippen MR) is 59.5 cm³/mol. The van der Waals surface area contributed by atoms with Gasteiger partial charge in [-0.25, -0.2) is 0 Å². The summed E-state index contributed by atoms with van der Waals surface area (Å²) in [7, 11) is 0. The van der Waals surface area contributed by atoms with Crippen molar-refractivity contribution < 1.29 is 0 Å². The highest BCUT2D eigenvalue weighted by Gasteiger charge is 2.15. The number of rotatable bonds is 1. The lowest BCUT2D eigenvalue weighted by Crippen LogP contribution is -2.33. The maximum absolute atomic E-state index is 11.6. The molecule has 1 saturated heterocycles. The average Bonchev–Trinajstić information content (AvgIpc) is 2.23. The van der Waals surface area contributed by atoms with E-state index in [1.165, 1.54) is 0 Å². The molecule has 1 fully saturated rings. The lowest BCUT2D eigenvalue weighted by Gasteiger charge is -2.24. The molecule has 3 nitrogen and oxygen atoms in total. The van der Waals surface area contributed by atoms with Gasteiger partial charge in [-0.05, 0) is 47.9 Å². The molecule has 1 aliphatic rings. The molecule has 1 N–H and O–H groups in total. The lowest BCUT2D eigenvalue weighted by molar-refractivity contribution is 0.360. The molecule has 0 saturated carbocycles. The largest absolute Gasteiger partial charge is 0.317 e. The molecule has 2 rings (SSSR count). The van der Waals surface area contributed by atoms with Crippen molar-refractivity contribution in [2.24, 2.45) is 0 Å². The minimum Gasteiger partial charge on any atom is -0.317 e. The van der Waals surface area contributed by atoms with E-state index in [2.05, 4.69) is 21.2 Å². The summed E-state index contributed by atoms with van der Waals surface area (Å²) in [5.41, 5.74) is 0.0973. The Hall–Kier alpha value is -0.610. The molecule has 0 radical (unpaired) electrons. The van der Waals surface area contributed by atoms with Gasteiger partial charge in [-0.3, -0.25) is 4.79 Å². The molecule has 4 heteroatoms. The molecule has 1 aromatic rings. The first-order chi connectivity index (χ1) is 6.77. The van der Waals surface area contributed by atoms with E-state index in [-0.39, 0.29) is 5.56 Å². The maximum atomic E-state index is 11.6. The molecule has 1 aliphatic heterocycles. The summed E-state index contributed by atoms with van der Waals surface area (Å²) in [4.78, 5) is 11.6. The third-order valence-electron chi connectivity index (χ3n) is 2.60. The zero-order chi connectivity index (χ0) is 9.97. The van der Waals surface area contributed by atoms with Crippen LogP contribution >= 0.6 is 15.9 Å². The number of hydrogen-bond donors (Lipinski definition) is 1. The summed E-state index contributed by atoms with van der Waals surface area (Å²) in [6.45, 7) is 2.01. The molecular weight excluding hydrogens is 244 g/mol. The van der Waals surface area contributed by atoms with Crippen molar-refractivity contribution in [2.75, 3.05) is 13.1 Å². The first kappa shape index (κ1) is 9.93. The van der Waals surface area contributed by atoms with Gasteiger partial charge in [0.15, 0.2) is 0 Å². The number of piperidine rings is 1. The minimum absolute atomic E-state index is 0.0973. The van der Waals surface area contributed by atoms with Crippen LogP contribution in [0.2, 0.25) is 0 Å². The fourth-order valence-electron chi connectivity index (χ4n) is 1.85. The van der Waals surface area contributed by atoms with Crippen LogP contribution in [0.15, 0.2) is 27.6 Å². The van der Waals surface area contributed by atoms with E-state index in [0.717, 1.165) is 30.4 Å². The van der Waals surface area contributed by atoms with Crippen molar-refractivity contribution in [1.82, 2.24) is 9.88 Å². The summed E-state index contributed by atoms with van der Waals surface area (Å²) >= 11 is 3.39. The summed E-state index contributed by atoms with van der Waals surface area (Å²) < 4.78 is 2.81. The molecule has 14 heavy (non-hydrogen) atoms. The third kappa shape index (κ3) is 2.07. The molecule has 0 aliphatic carbocycles. The van der Waals surface area contributed by atoms with E-state index >= 15 is 0 Å². The summed E-state index contributed by atoms with van der Waals surface area (Å²) in [5.74, 6) is 0. The topological polar surface area (TPSA) is 34.0 Å². The molecule has 76 valence electrons. The van der Waals surface area contributed by atoms with Crippen molar-refractivity contribution in [1.29, 1.82) is 0 Å². The second-order valence-electron chi connectivity index (χ2n) is 3.57. The molecule has 0 amide bonds. The van der Waals surface area contributed by atoms with E-state index in [4.69, 9.17) is 0 Å². The summed E-state index contributed by atoms with van der Waals surface area (Å²) in [5, 5.41) is 3.29. The molecule has 0 atom stereocenters. The van der Waals surface area contributed by atoms with Crippen LogP contribution < -0.4 is 10.9 Å². The van der Waals surface area contributed by atoms with Crippen LogP contribution in [0.25, 0.3) is 0 Å². The molecular formula is C10H13BrN2O. The third-order valence-corrected chi connectivity index (χ3v) is 3.07. The molecule has 0 bridgehead atoms. The zero-order valence-corrected chi connectivity index (χ0v) is 9.46. The Labute approximate surface area is 91.3 Å². The minimum atomic E-state index is 0.0973. The van der Waals surface area contributed by atoms with Crippen LogP contribution in [-0.4, -0.2) is 17.7 Å². The molecule has 0 unspecified atom stereocenters. The summed E-state index contributed by atoms with van der Waals surface area (Å²) in [6, 6.07) is 3.77. The van der Waals surface area contributed by atoms with Gasteiger partial charge in [0, 0.05) is 22.8 Å². The number of pyridine rings is 1. The van der Waals surface area contributed by atoms with Crippen molar-refractivity contribution >= 4 is 15.9 Å². The van der Waals surface area contributed by atoms with Crippen molar-refractivity contribution in [3.05, 3.63) is 33.2 Å². The first-order valence-corrected chi connectivity index (χ1v) is 5.65. The van der Waals surface area contributed by atoms with E-state index in [1.807, 2.05) is 10.8 Å². The van der Waals surface area contributed by atoms with E-state index in [0.29, 0.717) is 6.04 Å². The zero-order valence-electron chi connectivity index (χ0n) is 7.87. The van der Waals surface area contributed by atoms with Gasteiger partial charge >= 0.3 is 0 Å². The average molecular weight is 257 g/mol. The van der Waals surface area contributed by atoms with Crippen LogP contribution in [-0.2, 0) is 0 Å². The normalized spacial score (nSPS) is 18.4. The van der Waals surface area contributed by atoms with E-state index in [9.17, 15) is 4.79 Å². The van der Waals surface area contributed by atoms with Gasteiger partial charge in [-0.2, -0.15) is 0 Å². The molecule has 0 spiro atoms. The number of hydrogen-bond acceptors (Lipinski definition) is 2. The van der Waals surface area contributed by atoms with Crippen LogP contribution in [0.1, 0.15) is 18.9 Å². The van der Waals surface area contributed by atoms with E-state index < -0.39 is 0 Å². The second-order valence-corrected chi connectivity index (χ2v) is 4.49. The van der Waals surface area contributed by atoms with Crippen molar-refractivity contribution in [2.45, 2.75) is 18.9 Å². The van der Waals surface area contributed by atoms with Crippen LogP contribution in [0, 0.1) is 0 Å². The van der Waals surface area contributed by atoms with Crippen molar-refractivity contribution in [3.63, 3.8) is 0 Å². The smallest absolute Gasteiger partial charge is 0.250 e. The Kier molecular flexibility index (Phi) is 3.03. The van der Waals surface area contributed by atoms with Crippen LogP contribution in [0.3, 0.4) is 0 Å². The standard InChI is InChI=1S/C10H13BrN2O/c11-8-1-2-10(14)13(7-8)9-3-5-12-6-4-9/h1-2,7,9,12H,3-6H2. The van der Waals surface area contributed by atoms with Crippen LogP contribution in [0.4, 0.5) is 0 Å². The maximum Gasteiger partial charge on any atom is 0.250 e. The van der Waals surface area contributed by atoms with Gasteiger partial charge in [0.2, 0.25) is 0 Å². The Balaban J connectivity index is 2.29. The number of aromatic nitrogens is 1. The Morgan fingerprint density at radius 3 is 2.79 bits per heavy atom. The van der Waals surface area contributed by atoms with Gasteiger partial charge in [-0.15, -0.1) is 0 Å². The van der Waals surface area contributed by atoms with Gasteiger partial charge in [0.25, 0.3) is 5.56 Å². The second kappa shape index (κ2) is 4.28.